The van der Waals surface area contributed by atoms with E-state index < -0.39 is 0 Å². The third-order valence-electron chi connectivity index (χ3n) is 2.98. The van der Waals surface area contributed by atoms with Crippen LogP contribution in [0.4, 0.5) is 5.69 Å². The largest absolute Gasteiger partial charge is 0.362 e. The maximum Gasteiger partial charge on any atom is 0.170 e. The molecule has 0 amide bonds. The van der Waals surface area contributed by atoms with Crippen LogP contribution in [0.25, 0.3) is 0 Å². The van der Waals surface area contributed by atoms with Crippen molar-refractivity contribution in [3.8, 4) is 0 Å². The molecule has 2 nitrogen and oxygen atoms in total. The number of benzene rings is 1. The molecule has 0 atom stereocenters. The van der Waals surface area contributed by atoms with E-state index >= 15 is 0 Å². The van der Waals surface area contributed by atoms with E-state index in [-0.39, 0.29) is 0 Å². The summed E-state index contributed by atoms with van der Waals surface area (Å²) >= 11 is 5.33. The van der Waals surface area contributed by atoms with Crippen molar-refractivity contribution < 1.29 is 0 Å². The molecule has 0 heterocycles. The second-order valence-corrected chi connectivity index (χ2v) is 5.34. The zero-order chi connectivity index (χ0) is 13.5. The van der Waals surface area contributed by atoms with Gasteiger partial charge >= 0.3 is 0 Å². The van der Waals surface area contributed by atoms with Crippen LogP contribution in [0.15, 0.2) is 18.2 Å². The first-order valence-corrected chi connectivity index (χ1v) is 7.11. The van der Waals surface area contributed by atoms with E-state index in [4.69, 9.17) is 12.2 Å². The Morgan fingerprint density at radius 3 is 2.67 bits per heavy atom. The maximum atomic E-state index is 5.33. The van der Waals surface area contributed by atoms with Crippen LogP contribution in [0.2, 0.25) is 0 Å². The van der Waals surface area contributed by atoms with Crippen molar-refractivity contribution in [1.82, 2.24) is 5.32 Å². The van der Waals surface area contributed by atoms with Crippen molar-refractivity contribution >= 4 is 23.0 Å². The molecule has 2 N–H and O–H groups in total. The minimum Gasteiger partial charge on any atom is -0.362 e. The second kappa shape index (κ2) is 7.37. The molecular weight excluding hydrogens is 240 g/mol. The molecule has 0 saturated carbocycles. The van der Waals surface area contributed by atoms with E-state index in [0.717, 1.165) is 23.8 Å². The Bertz CT molecular complexity index is 399. The van der Waals surface area contributed by atoms with E-state index in [0.29, 0.717) is 5.92 Å². The summed E-state index contributed by atoms with van der Waals surface area (Å²) in [5.41, 5.74) is 3.71. The highest BCUT2D eigenvalue weighted by atomic mass is 32.1. The second-order valence-electron chi connectivity index (χ2n) is 4.93. The summed E-state index contributed by atoms with van der Waals surface area (Å²) in [6, 6.07) is 6.38. The molecule has 100 valence electrons. The zero-order valence-corrected chi connectivity index (χ0v) is 12.7. The van der Waals surface area contributed by atoms with E-state index in [1.165, 1.54) is 17.5 Å². The van der Waals surface area contributed by atoms with Crippen LogP contribution >= 0.6 is 12.2 Å². The van der Waals surface area contributed by atoms with Gasteiger partial charge in [-0.1, -0.05) is 45.4 Å². The molecule has 1 aromatic rings. The first kappa shape index (κ1) is 15.0. The van der Waals surface area contributed by atoms with Crippen molar-refractivity contribution in [1.29, 1.82) is 0 Å². The van der Waals surface area contributed by atoms with E-state index in [9.17, 15) is 0 Å². The predicted octanol–water partition coefficient (Wildman–Crippen LogP) is 4.20. The summed E-state index contributed by atoms with van der Waals surface area (Å²) in [6.45, 7) is 9.63. The number of aryl methyl sites for hydroxylation is 1. The molecule has 0 bridgehead atoms. The minimum absolute atomic E-state index is 0.492. The molecule has 0 aromatic heterocycles. The summed E-state index contributed by atoms with van der Waals surface area (Å²) in [5.74, 6) is 0.492. The number of unbranched alkanes of at least 4 members (excludes halogenated alkanes) is 1. The summed E-state index contributed by atoms with van der Waals surface area (Å²) in [6.07, 6.45) is 2.32. The molecule has 0 aliphatic carbocycles. The Kier molecular flexibility index (Phi) is 6.13. The number of thiocarbonyl (C=S) groups is 1. The van der Waals surface area contributed by atoms with Crippen LogP contribution in [0.1, 0.15) is 50.7 Å². The number of rotatable bonds is 5. The van der Waals surface area contributed by atoms with Crippen LogP contribution in [0.5, 0.6) is 0 Å². The van der Waals surface area contributed by atoms with Gasteiger partial charge in [-0.3, -0.25) is 0 Å². The highest BCUT2D eigenvalue weighted by Crippen LogP contribution is 2.27. The van der Waals surface area contributed by atoms with Gasteiger partial charge in [0.2, 0.25) is 0 Å². The summed E-state index contributed by atoms with van der Waals surface area (Å²) in [7, 11) is 0. The molecule has 0 radical (unpaired) electrons. The third-order valence-corrected chi connectivity index (χ3v) is 3.23. The fourth-order valence-corrected chi connectivity index (χ4v) is 2.08. The van der Waals surface area contributed by atoms with Gasteiger partial charge in [0, 0.05) is 12.2 Å². The number of hydrogen-bond acceptors (Lipinski definition) is 1. The van der Waals surface area contributed by atoms with Crippen molar-refractivity contribution in [3.63, 3.8) is 0 Å². The van der Waals surface area contributed by atoms with Crippen molar-refractivity contribution in [2.45, 2.75) is 46.5 Å². The van der Waals surface area contributed by atoms with Gasteiger partial charge in [0.15, 0.2) is 5.11 Å². The lowest BCUT2D eigenvalue weighted by Gasteiger charge is -2.18. The average Bonchev–Trinajstić information content (AvgIpc) is 2.31. The number of para-hydroxylation sites is 1. The van der Waals surface area contributed by atoms with Gasteiger partial charge in [0.25, 0.3) is 0 Å². The highest BCUT2D eigenvalue weighted by molar-refractivity contribution is 7.80. The van der Waals surface area contributed by atoms with Gasteiger partial charge in [-0.2, -0.15) is 0 Å². The first-order chi connectivity index (χ1) is 8.56. The van der Waals surface area contributed by atoms with E-state index in [1.807, 2.05) is 0 Å². The molecular formula is C15H24N2S. The fraction of sp³-hybridized carbons (Fsp3) is 0.533. The third kappa shape index (κ3) is 4.30. The molecule has 0 unspecified atom stereocenters. The average molecular weight is 264 g/mol. The Morgan fingerprint density at radius 1 is 1.33 bits per heavy atom. The minimum atomic E-state index is 0.492. The van der Waals surface area contributed by atoms with Gasteiger partial charge in [-0.25, -0.2) is 0 Å². The topological polar surface area (TPSA) is 24.1 Å². The Balaban J connectivity index is 2.74. The van der Waals surface area contributed by atoms with Gasteiger partial charge in [0.05, 0.1) is 0 Å². The predicted molar refractivity (Wildman–Crippen MR) is 84.4 cm³/mol. The lowest BCUT2D eigenvalue weighted by molar-refractivity contribution is 0.758. The van der Waals surface area contributed by atoms with Crippen molar-refractivity contribution in [2.24, 2.45) is 0 Å². The van der Waals surface area contributed by atoms with Crippen LogP contribution in [0.3, 0.4) is 0 Å². The smallest absolute Gasteiger partial charge is 0.170 e. The van der Waals surface area contributed by atoms with Crippen molar-refractivity contribution in [3.05, 3.63) is 29.3 Å². The van der Waals surface area contributed by atoms with Crippen LogP contribution in [-0.4, -0.2) is 11.7 Å². The SMILES string of the molecule is CCCCNC(=S)Nc1c(C)cccc1C(C)C. The Labute approximate surface area is 116 Å². The molecule has 0 aliphatic rings. The van der Waals surface area contributed by atoms with Crippen LogP contribution in [0, 0.1) is 6.92 Å². The number of anilines is 1. The molecule has 1 aromatic carbocycles. The Morgan fingerprint density at radius 2 is 2.06 bits per heavy atom. The van der Waals surface area contributed by atoms with Gasteiger partial charge in [0.1, 0.15) is 0 Å². The molecule has 18 heavy (non-hydrogen) atoms. The molecule has 0 fully saturated rings. The molecule has 3 heteroatoms. The van der Waals surface area contributed by atoms with Crippen LogP contribution in [-0.2, 0) is 0 Å². The molecule has 0 saturated heterocycles. The highest BCUT2D eigenvalue weighted by Gasteiger charge is 2.09. The standard InChI is InChI=1S/C15H24N2S/c1-5-6-10-16-15(18)17-14-12(4)8-7-9-13(14)11(2)3/h7-9,11H,5-6,10H2,1-4H3,(H2,16,17,18). The maximum absolute atomic E-state index is 5.33. The lowest BCUT2D eigenvalue weighted by Crippen LogP contribution is -2.30. The summed E-state index contributed by atoms with van der Waals surface area (Å²) < 4.78 is 0. The van der Waals surface area contributed by atoms with Crippen LogP contribution < -0.4 is 10.6 Å². The number of hydrogen-bond donors (Lipinski definition) is 2. The summed E-state index contributed by atoms with van der Waals surface area (Å²) in [4.78, 5) is 0. The van der Waals surface area contributed by atoms with Gasteiger partial charge in [-0.05, 0) is 42.6 Å². The van der Waals surface area contributed by atoms with Gasteiger partial charge < -0.3 is 10.6 Å². The zero-order valence-electron chi connectivity index (χ0n) is 11.8. The fourth-order valence-electron chi connectivity index (χ4n) is 1.88. The molecule has 1 rings (SSSR count). The monoisotopic (exact) mass is 264 g/mol. The number of nitrogens with one attached hydrogen (secondary N) is 2. The normalized spacial score (nSPS) is 10.5. The van der Waals surface area contributed by atoms with E-state index in [1.54, 1.807) is 0 Å². The van der Waals surface area contributed by atoms with Gasteiger partial charge in [-0.15, -0.1) is 0 Å². The Hall–Kier alpha value is -1.09. The van der Waals surface area contributed by atoms with E-state index in [2.05, 4.69) is 56.5 Å². The van der Waals surface area contributed by atoms with Crippen molar-refractivity contribution in [2.75, 3.05) is 11.9 Å². The lowest BCUT2D eigenvalue weighted by atomic mass is 9.98. The first-order valence-electron chi connectivity index (χ1n) is 6.70. The summed E-state index contributed by atoms with van der Waals surface area (Å²) in [5, 5.41) is 7.31. The molecule has 0 spiro atoms. The molecule has 0 aliphatic heterocycles. The quantitative estimate of drug-likeness (QED) is 0.615.